The predicted molar refractivity (Wildman–Crippen MR) is 57.6 cm³/mol. The van der Waals surface area contributed by atoms with E-state index in [2.05, 4.69) is 20.9 Å². The normalized spacial score (nSPS) is 10.8. The fraction of sp³-hybridized carbons (Fsp3) is 0.333. The molecule has 0 bridgehead atoms. The Morgan fingerprint density at radius 3 is 2.69 bits per heavy atom. The zero-order valence-corrected chi connectivity index (χ0v) is 9.67. The molecule has 16 heavy (non-hydrogen) atoms. The van der Waals surface area contributed by atoms with Gasteiger partial charge in [0.1, 0.15) is 5.82 Å². The average molecular weight is 295 g/mol. The van der Waals surface area contributed by atoms with Crippen LogP contribution in [0.1, 0.15) is 23.2 Å². The second kappa shape index (κ2) is 5.20. The number of pyridine rings is 1. The minimum absolute atomic E-state index is 0.00412. The molecule has 0 saturated carbocycles. The lowest BCUT2D eigenvalue weighted by Crippen LogP contribution is -2.09. The van der Waals surface area contributed by atoms with Crippen molar-refractivity contribution >= 4 is 27.7 Å². The van der Waals surface area contributed by atoms with Crippen LogP contribution in [-0.4, -0.2) is 16.1 Å². The molecule has 88 valence electrons. The highest BCUT2D eigenvalue weighted by Crippen LogP contribution is 2.28. The molecular weight excluding hydrogens is 286 g/mol. The van der Waals surface area contributed by atoms with Gasteiger partial charge in [-0.25, -0.2) is 13.8 Å². The predicted octanol–water partition coefficient (Wildman–Crippen LogP) is 2.12. The lowest BCUT2D eigenvalue weighted by molar-refractivity contribution is -0.136. The van der Waals surface area contributed by atoms with Crippen LogP contribution in [0.15, 0.2) is 6.07 Å². The quantitative estimate of drug-likeness (QED) is 0.834. The summed E-state index contributed by atoms with van der Waals surface area (Å²) in [6.45, 7) is 0. The van der Waals surface area contributed by atoms with Gasteiger partial charge in [-0.1, -0.05) is 15.9 Å². The molecule has 1 aromatic heterocycles. The van der Waals surface area contributed by atoms with E-state index in [1.54, 1.807) is 0 Å². The Morgan fingerprint density at radius 1 is 1.62 bits per heavy atom. The summed E-state index contributed by atoms with van der Waals surface area (Å²) in [5.74, 6) is -1.15. The molecule has 0 amide bonds. The van der Waals surface area contributed by atoms with E-state index in [1.165, 1.54) is 6.07 Å². The summed E-state index contributed by atoms with van der Waals surface area (Å²) in [6, 6.07) is 1.17. The first-order chi connectivity index (χ1) is 7.45. The van der Waals surface area contributed by atoms with Crippen LogP contribution in [0.3, 0.4) is 0 Å². The molecule has 0 atom stereocenters. The number of aromatic nitrogens is 1. The van der Waals surface area contributed by atoms with Crippen LogP contribution in [0, 0.1) is 0 Å². The van der Waals surface area contributed by atoms with E-state index >= 15 is 0 Å². The Balaban J connectivity index is 3.32. The van der Waals surface area contributed by atoms with E-state index < -0.39 is 18.8 Å². The number of rotatable bonds is 4. The summed E-state index contributed by atoms with van der Waals surface area (Å²) < 4.78 is 25.5. The van der Waals surface area contributed by atoms with Gasteiger partial charge in [-0.2, -0.15) is 0 Å². The Bertz CT molecular complexity index is 413. The maximum absolute atomic E-state index is 12.8. The van der Waals surface area contributed by atoms with Crippen LogP contribution in [0.4, 0.5) is 14.6 Å². The van der Waals surface area contributed by atoms with Crippen molar-refractivity contribution in [3.8, 4) is 0 Å². The van der Waals surface area contributed by atoms with Crippen molar-refractivity contribution in [1.82, 2.24) is 4.98 Å². The molecule has 3 N–H and O–H groups in total. The molecule has 0 aliphatic carbocycles. The van der Waals surface area contributed by atoms with Gasteiger partial charge in [0.15, 0.2) is 0 Å². The van der Waals surface area contributed by atoms with Crippen molar-refractivity contribution in [3.63, 3.8) is 0 Å². The van der Waals surface area contributed by atoms with Gasteiger partial charge < -0.3 is 10.8 Å². The number of aliphatic carboxylic acids is 1. The van der Waals surface area contributed by atoms with E-state index in [-0.39, 0.29) is 28.0 Å². The van der Waals surface area contributed by atoms with Gasteiger partial charge in [0, 0.05) is 10.9 Å². The van der Waals surface area contributed by atoms with Gasteiger partial charge in [0.2, 0.25) is 0 Å². The lowest BCUT2D eigenvalue weighted by Gasteiger charge is -2.11. The molecule has 0 aromatic carbocycles. The fourth-order valence-corrected chi connectivity index (χ4v) is 1.79. The molecule has 0 spiro atoms. The van der Waals surface area contributed by atoms with Crippen molar-refractivity contribution < 1.29 is 18.7 Å². The average Bonchev–Trinajstić information content (AvgIpc) is 2.14. The summed E-state index contributed by atoms with van der Waals surface area (Å²) >= 11 is 3.01. The maximum Gasteiger partial charge on any atom is 0.307 e. The molecular formula is C9H9BrF2N2O2. The van der Waals surface area contributed by atoms with Crippen molar-refractivity contribution in [1.29, 1.82) is 0 Å². The summed E-state index contributed by atoms with van der Waals surface area (Å²) in [6.07, 6.45) is -3.26. The highest BCUT2D eigenvalue weighted by Gasteiger charge is 2.20. The molecule has 0 aliphatic heterocycles. The monoisotopic (exact) mass is 294 g/mol. The summed E-state index contributed by atoms with van der Waals surface area (Å²) in [5, 5.41) is 8.71. The van der Waals surface area contributed by atoms with Crippen molar-refractivity contribution in [2.24, 2.45) is 0 Å². The van der Waals surface area contributed by atoms with Crippen molar-refractivity contribution in [2.45, 2.75) is 18.2 Å². The number of carboxylic acid groups (broad SMARTS) is 1. The first-order valence-electron chi connectivity index (χ1n) is 4.29. The summed E-state index contributed by atoms with van der Waals surface area (Å²) in [4.78, 5) is 14.3. The smallest absolute Gasteiger partial charge is 0.307 e. The minimum atomic E-state index is -2.77. The Morgan fingerprint density at radius 2 is 2.25 bits per heavy atom. The van der Waals surface area contributed by atoms with Gasteiger partial charge in [-0.3, -0.25) is 4.79 Å². The second-order valence-electron chi connectivity index (χ2n) is 3.07. The summed E-state index contributed by atoms with van der Waals surface area (Å²) in [5.41, 5.74) is 5.14. The van der Waals surface area contributed by atoms with Crippen LogP contribution in [0.2, 0.25) is 0 Å². The topological polar surface area (TPSA) is 76.2 Å². The van der Waals surface area contributed by atoms with E-state index in [0.29, 0.717) is 0 Å². The van der Waals surface area contributed by atoms with Gasteiger partial charge >= 0.3 is 5.97 Å². The highest BCUT2D eigenvalue weighted by atomic mass is 79.9. The maximum atomic E-state index is 12.8. The lowest BCUT2D eigenvalue weighted by atomic mass is 10.0. The van der Waals surface area contributed by atoms with Gasteiger partial charge in [0.25, 0.3) is 6.43 Å². The van der Waals surface area contributed by atoms with Crippen molar-refractivity contribution in [2.75, 3.05) is 5.73 Å². The molecule has 7 heteroatoms. The number of carboxylic acids is 1. The standard InChI is InChI=1S/C9H9BrF2N2O2/c10-3-5-8(9(11)12)4(2-7(15)16)1-6(13)14-5/h1,9H,2-3H2,(H2,13,14)(H,15,16). The number of alkyl halides is 3. The molecule has 0 fully saturated rings. The third-order valence-electron chi connectivity index (χ3n) is 1.93. The van der Waals surface area contributed by atoms with E-state index in [9.17, 15) is 13.6 Å². The molecule has 1 heterocycles. The molecule has 0 aliphatic rings. The summed E-state index contributed by atoms with van der Waals surface area (Å²) in [7, 11) is 0. The number of anilines is 1. The Labute approximate surface area is 98.6 Å². The van der Waals surface area contributed by atoms with E-state index in [4.69, 9.17) is 10.8 Å². The zero-order valence-electron chi connectivity index (χ0n) is 8.08. The fourth-order valence-electron chi connectivity index (χ4n) is 1.37. The molecule has 1 aromatic rings. The molecule has 0 saturated heterocycles. The Kier molecular flexibility index (Phi) is 4.17. The van der Waals surface area contributed by atoms with Gasteiger partial charge in [-0.05, 0) is 11.6 Å². The number of carbonyl (C=O) groups is 1. The highest BCUT2D eigenvalue weighted by molar-refractivity contribution is 9.08. The number of nitrogens with zero attached hydrogens (tertiary/aromatic N) is 1. The zero-order chi connectivity index (χ0) is 12.3. The minimum Gasteiger partial charge on any atom is -0.481 e. The van der Waals surface area contributed by atoms with Crippen molar-refractivity contribution in [3.05, 3.63) is 22.9 Å². The number of halogens is 3. The third kappa shape index (κ3) is 2.88. The molecule has 0 radical (unpaired) electrons. The molecule has 1 rings (SSSR count). The van der Waals surface area contributed by atoms with Crippen LogP contribution in [-0.2, 0) is 16.5 Å². The second-order valence-corrected chi connectivity index (χ2v) is 3.63. The number of hydrogen-bond donors (Lipinski definition) is 2. The molecule has 4 nitrogen and oxygen atoms in total. The van der Waals surface area contributed by atoms with Crippen LogP contribution >= 0.6 is 15.9 Å². The van der Waals surface area contributed by atoms with Crippen LogP contribution in [0.25, 0.3) is 0 Å². The number of hydrogen-bond acceptors (Lipinski definition) is 3. The van der Waals surface area contributed by atoms with Gasteiger partial charge in [0.05, 0.1) is 12.1 Å². The third-order valence-corrected chi connectivity index (χ3v) is 2.46. The number of nitrogen functional groups attached to an aromatic ring is 1. The first kappa shape index (κ1) is 12.8. The van der Waals surface area contributed by atoms with Crippen LogP contribution < -0.4 is 5.73 Å². The number of nitrogens with two attached hydrogens (primary N) is 1. The molecule has 0 unspecified atom stereocenters. The SMILES string of the molecule is Nc1cc(CC(=O)O)c(C(F)F)c(CBr)n1. The van der Waals surface area contributed by atoms with E-state index in [1.807, 2.05) is 0 Å². The largest absolute Gasteiger partial charge is 0.481 e. The van der Waals surface area contributed by atoms with E-state index in [0.717, 1.165) is 0 Å². The van der Waals surface area contributed by atoms with Crippen LogP contribution in [0.5, 0.6) is 0 Å². The first-order valence-corrected chi connectivity index (χ1v) is 5.42. The Hall–Kier alpha value is -1.24. The van der Waals surface area contributed by atoms with Gasteiger partial charge in [-0.15, -0.1) is 0 Å².